The number of hydrogen-bond acceptors (Lipinski definition) is 2. The molecule has 3 nitrogen and oxygen atoms in total. The quantitative estimate of drug-likeness (QED) is 0.876. The van der Waals surface area contributed by atoms with E-state index in [4.69, 9.17) is 0 Å². The number of carboxylic acid groups (broad SMARTS) is 1. The first-order valence-corrected chi connectivity index (χ1v) is 5.93. The molecule has 0 aliphatic heterocycles. The molecule has 0 atom stereocenters. The second kappa shape index (κ2) is 3.86. The van der Waals surface area contributed by atoms with Crippen molar-refractivity contribution in [3.05, 3.63) is 33.8 Å². The molecular formula is C12H13BrO3. The average Bonchev–Trinajstić information content (AvgIpc) is 2.17. The van der Waals surface area contributed by atoms with E-state index in [1.807, 2.05) is 25.1 Å². The van der Waals surface area contributed by atoms with E-state index in [0.29, 0.717) is 12.8 Å². The second-order valence-corrected chi connectivity index (χ2v) is 5.27. The Hall–Kier alpha value is -0.870. The van der Waals surface area contributed by atoms with Gasteiger partial charge in [0.15, 0.2) is 0 Å². The Morgan fingerprint density at radius 1 is 1.50 bits per heavy atom. The van der Waals surface area contributed by atoms with E-state index in [1.54, 1.807) is 0 Å². The average molecular weight is 285 g/mol. The van der Waals surface area contributed by atoms with Gasteiger partial charge in [-0.15, -0.1) is 0 Å². The predicted octanol–water partition coefficient (Wildman–Crippen LogP) is 2.23. The third kappa shape index (κ3) is 1.66. The Morgan fingerprint density at radius 2 is 2.12 bits per heavy atom. The largest absolute Gasteiger partial charge is 0.481 e. The van der Waals surface area contributed by atoms with E-state index < -0.39 is 17.5 Å². The number of benzene rings is 1. The van der Waals surface area contributed by atoms with Crippen molar-refractivity contribution in [1.82, 2.24) is 0 Å². The Kier molecular flexibility index (Phi) is 2.80. The monoisotopic (exact) mass is 284 g/mol. The van der Waals surface area contributed by atoms with Gasteiger partial charge in [-0.2, -0.15) is 0 Å². The molecule has 0 spiro atoms. The van der Waals surface area contributed by atoms with Gasteiger partial charge in [0.25, 0.3) is 0 Å². The first-order valence-electron chi connectivity index (χ1n) is 5.14. The number of halogens is 1. The van der Waals surface area contributed by atoms with Gasteiger partial charge < -0.3 is 10.2 Å². The molecular weight excluding hydrogens is 272 g/mol. The van der Waals surface area contributed by atoms with Gasteiger partial charge in [0.05, 0.1) is 11.5 Å². The van der Waals surface area contributed by atoms with Crippen molar-refractivity contribution in [2.75, 3.05) is 0 Å². The summed E-state index contributed by atoms with van der Waals surface area (Å²) in [6.45, 7) is 1.93. The highest BCUT2D eigenvalue weighted by atomic mass is 79.9. The van der Waals surface area contributed by atoms with E-state index in [9.17, 15) is 15.0 Å². The number of carboxylic acids is 1. The second-order valence-electron chi connectivity index (χ2n) is 4.41. The molecule has 86 valence electrons. The maximum atomic E-state index is 11.3. The lowest BCUT2D eigenvalue weighted by atomic mass is 9.62. The van der Waals surface area contributed by atoms with Crippen LogP contribution in [0.3, 0.4) is 0 Å². The smallest absolute Gasteiger partial charge is 0.314 e. The lowest BCUT2D eigenvalue weighted by Crippen LogP contribution is -2.50. The number of aliphatic hydroxyl groups excluding tert-OH is 1. The molecule has 0 amide bonds. The third-order valence-corrected chi connectivity index (χ3v) is 4.18. The molecule has 16 heavy (non-hydrogen) atoms. The number of hydrogen-bond donors (Lipinski definition) is 2. The molecule has 1 aromatic carbocycles. The van der Waals surface area contributed by atoms with Crippen molar-refractivity contribution >= 4 is 21.9 Å². The van der Waals surface area contributed by atoms with Gasteiger partial charge in [0, 0.05) is 4.47 Å². The summed E-state index contributed by atoms with van der Waals surface area (Å²) in [7, 11) is 0. The Bertz CT molecular complexity index is 436. The summed E-state index contributed by atoms with van der Waals surface area (Å²) in [5.41, 5.74) is 0.913. The summed E-state index contributed by atoms with van der Waals surface area (Å²) in [6.07, 6.45) is 0.132. The van der Waals surface area contributed by atoms with Crippen LogP contribution in [0.1, 0.15) is 24.0 Å². The SMILES string of the molecule is Cc1cc(C2(C(=O)O)CC(O)C2)ccc1Br. The molecule has 1 aliphatic rings. The van der Waals surface area contributed by atoms with Crippen molar-refractivity contribution in [3.8, 4) is 0 Å². The van der Waals surface area contributed by atoms with Crippen LogP contribution in [0.2, 0.25) is 0 Å². The zero-order chi connectivity index (χ0) is 11.9. The van der Waals surface area contributed by atoms with Gasteiger partial charge in [-0.25, -0.2) is 0 Å². The van der Waals surface area contributed by atoms with Crippen LogP contribution >= 0.6 is 15.9 Å². The first kappa shape index (κ1) is 11.6. The fourth-order valence-electron chi connectivity index (χ4n) is 2.22. The van der Waals surface area contributed by atoms with Gasteiger partial charge >= 0.3 is 5.97 Å². The number of aliphatic hydroxyl groups is 1. The molecule has 1 aliphatic carbocycles. The van der Waals surface area contributed by atoms with E-state index in [0.717, 1.165) is 15.6 Å². The lowest BCUT2D eigenvalue weighted by molar-refractivity contribution is -0.152. The fourth-order valence-corrected chi connectivity index (χ4v) is 2.47. The third-order valence-electron chi connectivity index (χ3n) is 3.29. The topological polar surface area (TPSA) is 57.5 Å². The van der Waals surface area contributed by atoms with E-state index in [2.05, 4.69) is 15.9 Å². The Labute approximate surface area is 102 Å². The van der Waals surface area contributed by atoms with Gasteiger partial charge in [0.1, 0.15) is 0 Å². The number of aryl methyl sites for hydroxylation is 1. The first-order chi connectivity index (χ1) is 7.45. The molecule has 0 heterocycles. The fraction of sp³-hybridized carbons (Fsp3) is 0.417. The van der Waals surface area contributed by atoms with Crippen molar-refractivity contribution in [1.29, 1.82) is 0 Å². The minimum atomic E-state index is -0.884. The van der Waals surface area contributed by atoms with Crippen LogP contribution in [-0.4, -0.2) is 22.3 Å². The van der Waals surface area contributed by atoms with E-state index in [1.165, 1.54) is 0 Å². The minimum Gasteiger partial charge on any atom is -0.481 e. The Morgan fingerprint density at radius 3 is 2.56 bits per heavy atom. The highest BCUT2D eigenvalue weighted by molar-refractivity contribution is 9.10. The summed E-state index contributed by atoms with van der Waals surface area (Å²) < 4.78 is 0.969. The number of aliphatic carboxylic acids is 1. The molecule has 0 aromatic heterocycles. The van der Waals surface area contributed by atoms with Gasteiger partial charge in [-0.05, 0) is 37.0 Å². The molecule has 0 saturated heterocycles. The molecule has 2 rings (SSSR count). The summed E-state index contributed by atoms with van der Waals surface area (Å²) in [6, 6.07) is 5.56. The molecule has 1 fully saturated rings. The number of carbonyl (C=O) groups is 1. The normalized spacial score (nSPS) is 28.6. The standard InChI is InChI=1S/C12H13BrO3/c1-7-4-8(2-3-10(7)13)12(11(15)16)5-9(14)6-12/h2-4,9,14H,5-6H2,1H3,(H,15,16). The van der Waals surface area contributed by atoms with E-state index in [-0.39, 0.29) is 0 Å². The Balaban J connectivity index is 2.41. The van der Waals surface area contributed by atoms with Crippen molar-refractivity contribution in [3.63, 3.8) is 0 Å². The van der Waals surface area contributed by atoms with E-state index >= 15 is 0 Å². The van der Waals surface area contributed by atoms with Gasteiger partial charge in [-0.1, -0.05) is 28.1 Å². The number of rotatable bonds is 2. The lowest BCUT2D eigenvalue weighted by Gasteiger charge is -2.42. The zero-order valence-corrected chi connectivity index (χ0v) is 10.5. The maximum Gasteiger partial charge on any atom is 0.314 e. The summed E-state index contributed by atoms with van der Waals surface area (Å²) in [5.74, 6) is -0.848. The van der Waals surface area contributed by atoms with Crippen LogP contribution in [0, 0.1) is 6.92 Å². The van der Waals surface area contributed by atoms with Crippen molar-refractivity contribution in [2.45, 2.75) is 31.3 Å². The molecule has 2 N–H and O–H groups in total. The molecule has 1 saturated carbocycles. The van der Waals surface area contributed by atoms with Crippen LogP contribution in [0.4, 0.5) is 0 Å². The van der Waals surface area contributed by atoms with Crippen LogP contribution in [0.15, 0.2) is 22.7 Å². The predicted molar refractivity (Wildman–Crippen MR) is 63.4 cm³/mol. The van der Waals surface area contributed by atoms with Gasteiger partial charge in [-0.3, -0.25) is 4.79 Å². The van der Waals surface area contributed by atoms with Crippen LogP contribution in [0.5, 0.6) is 0 Å². The summed E-state index contributed by atoms with van der Waals surface area (Å²) in [5, 5.41) is 18.6. The van der Waals surface area contributed by atoms with Crippen molar-refractivity contribution < 1.29 is 15.0 Å². The molecule has 1 aromatic rings. The van der Waals surface area contributed by atoms with Gasteiger partial charge in [0.2, 0.25) is 0 Å². The van der Waals surface area contributed by atoms with Crippen molar-refractivity contribution in [2.24, 2.45) is 0 Å². The highest BCUT2D eigenvalue weighted by Gasteiger charge is 2.51. The summed E-state index contributed by atoms with van der Waals surface area (Å²) in [4.78, 5) is 11.3. The minimum absolute atomic E-state index is 0.309. The molecule has 0 bridgehead atoms. The zero-order valence-electron chi connectivity index (χ0n) is 8.90. The van der Waals surface area contributed by atoms with Crippen LogP contribution in [0.25, 0.3) is 0 Å². The van der Waals surface area contributed by atoms with Crippen LogP contribution in [-0.2, 0) is 10.2 Å². The molecule has 0 radical (unpaired) electrons. The highest BCUT2D eigenvalue weighted by Crippen LogP contribution is 2.44. The summed E-state index contributed by atoms with van der Waals surface area (Å²) >= 11 is 3.39. The van der Waals surface area contributed by atoms with Crippen LogP contribution < -0.4 is 0 Å². The molecule has 4 heteroatoms. The maximum absolute atomic E-state index is 11.3. The molecule has 0 unspecified atom stereocenters.